The zero-order valence-electron chi connectivity index (χ0n) is 14.1. The summed E-state index contributed by atoms with van der Waals surface area (Å²) in [5, 5.41) is 14.8. The van der Waals surface area contributed by atoms with E-state index in [1.165, 1.54) is 35.8 Å². The molecule has 10 heteroatoms. The van der Waals surface area contributed by atoms with Crippen LogP contribution in [-0.4, -0.2) is 27.5 Å². The van der Waals surface area contributed by atoms with Crippen LogP contribution in [0.25, 0.3) is 0 Å². The molecule has 1 heterocycles. The Labute approximate surface area is 152 Å². The van der Waals surface area contributed by atoms with E-state index >= 15 is 0 Å². The van der Waals surface area contributed by atoms with Gasteiger partial charge in [0.25, 0.3) is 11.6 Å². The van der Waals surface area contributed by atoms with Crippen molar-refractivity contribution in [1.29, 1.82) is 0 Å². The number of aromatic nitrogens is 1. The minimum absolute atomic E-state index is 0.0351. The summed E-state index contributed by atoms with van der Waals surface area (Å²) in [4.78, 5) is 45.4. The maximum absolute atomic E-state index is 12.0. The van der Waals surface area contributed by atoms with Gasteiger partial charge in [-0.15, -0.1) is 0 Å². The monoisotopic (exact) mass is 379 g/mol. The Morgan fingerprint density at radius 1 is 1.35 bits per heavy atom. The topological polar surface area (TPSA) is 121 Å². The molecule has 2 aromatic rings. The van der Waals surface area contributed by atoms with E-state index in [1.54, 1.807) is 12.3 Å². The van der Waals surface area contributed by atoms with Gasteiger partial charge in [-0.05, 0) is 26.0 Å². The third kappa shape index (κ3) is 4.99. The van der Waals surface area contributed by atoms with Crippen molar-refractivity contribution in [3.8, 4) is 0 Å². The summed E-state index contributed by atoms with van der Waals surface area (Å²) >= 11 is 1.05. The summed E-state index contributed by atoms with van der Waals surface area (Å²) in [6.45, 7) is 3.37. The number of ether oxygens (including phenoxy) is 1. The fourth-order valence-corrected chi connectivity index (χ4v) is 2.86. The van der Waals surface area contributed by atoms with E-state index in [4.69, 9.17) is 4.74 Å². The van der Waals surface area contributed by atoms with Crippen LogP contribution in [0, 0.1) is 17.0 Å². The van der Waals surface area contributed by atoms with Crippen molar-refractivity contribution in [2.45, 2.75) is 32.9 Å². The minimum atomic E-state index is -1.04. The first-order valence-corrected chi connectivity index (χ1v) is 8.55. The van der Waals surface area contributed by atoms with Crippen molar-refractivity contribution in [1.82, 2.24) is 4.57 Å². The van der Waals surface area contributed by atoms with E-state index in [2.05, 4.69) is 5.32 Å². The Morgan fingerprint density at radius 2 is 2.00 bits per heavy atom. The van der Waals surface area contributed by atoms with Crippen molar-refractivity contribution in [2.75, 3.05) is 5.32 Å². The summed E-state index contributed by atoms with van der Waals surface area (Å²) in [7, 11) is 0. The van der Waals surface area contributed by atoms with Crippen LogP contribution in [0.15, 0.2) is 34.4 Å². The highest BCUT2D eigenvalue weighted by atomic mass is 32.1. The van der Waals surface area contributed by atoms with Crippen LogP contribution in [0.3, 0.4) is 0 Å². The minimum Gasteiger partial charge on any atom is -0.452 e. The van der Waals surface area contributed by atoms with Crippen molar-refractivity contribution in [3.05, 3.63) is 55.1 Å². The largest absolute Gasteiger partial charge is 0.452 e. The molecule has 1 unspecified atom stereocenters. The molecule has 1 amide bonds. The lowest BCUT2D eigenvalue weighted by Crippen LogP contribution is -2.30. The number of hydrogen-bond acceptors (Lipinski definition) is 7. The molecule has 1 aromatic heterocycles. The number of hydrogen-bond donors (Lipinski definition) is 1. The zero-order chi connectivity index (χ0) is 19.3. The molecular weight excluding hydrogens is 362 g/mol. The highest BCUT2D eigenvalue weighted by molar-refractivity contribution is 7.07. The molecule has 0 aliphatic heterocycles. The standard InChI is InChI=1S/C16H17N3O6S/c1-10-9-26-16(22)18(10)8-7-14(20)25-11(2)15(21)17-12-3-5-13(6-4-12)19(23)24/h3-6,9,11H,7-8H2,1-2H3,(H,17,21). The lowest BCUT2D eigenvalue weighted by atomic mass is 10.2. The number of amides is 1. The Balaban J connectivity index is 1.85. The molecule has 26 heavy (non-hydrogen) atoms. The molecule has 9 nitrogen and oxygen atoms in total. The van der Waals surface area contributed by atoms with E-state index in [0.717, 1.165) is 17.0 Å². The number of carbonyl (C=O) groups is 2. The van der Waals surface area contributed by atoms with Crippen LogP contribution < -0.4 is 10.2 Å². The molecule has 2 rings (SSSR count). The van der Waals surface area contributed by atoms with Crippen LogP contribution in [0.1, 0.15) is 19.0 Å². The highest BCUT2D eigenvalue weighted by Gasteiger charge is 2.18. The molecule has 0 aliphatic carbocycles. The molecule has 0 aliphatic rings. The Hall–Kier alpha value is -3.01. The van der Waals surface area contributed by atoms with E-state index in [-0.39, 0.29) is 23.5 Å². The molecule has 1 aromatic carbocycles. The number of thiazole rings is 1. The van der Waals surface area contributed by atoms with E-state index in [0.29, 0.717) is 5.69 Å². The number of carbonyl (C=O) groups excluding carboxylic acids is 2. The molecule has 0 radical (unpaired) electrons. The summed E-state index contributed by atoms with van der Waals surface area (Å²) < 4.78 is 6.52. The second-order valence-corrected chi connectivity index (χ2v) is 6.29. The van der Waals surface area contributed by atoms with Crippen molar-refractivity contribution >= 4 is 34.6 Å². The number of esters is 1. The Morgan fingerprint density at radius 3 is 2.54 bits per heavy atom. The number of nitro benzene ring substituents is 1. The van der Waals surface area contributed by atoms with Crippen molar-refractivity contribution in [3.63, 3.8) is 0 Å². The maximum Gasteiger partial charge on any atom is 0.308 e. The van der Waals surface area contributed by atoms with Gasteiger partial charge in [0, 0.05) is 35.4 Å². The second-order valence-electron chi connectivity index (χ2n) is 5.47. The van der Waals surface area contributed by atoms with Gasteiger partial charge in [0.15, 0.2) is 6.10 Å². The molecule has 1 N–H and O–H groups in total. The van der Waals surface area contributed by atoms with Crippen LogP contribution in [0.4, 0.5) is 11.4 Å². The van der Waals surface area contributed by atoms with Gasteiger partial charge < -0.3 is 14.6 Å². The van der Waals surface area contributed by atoms with Gasteiger partial charge in [0.1, 0.15) is 0 Å². The number of anilines is 1. The third-order valence-electron chi connectivity index (χ3n) is 3.54. The first-order valence-electron chi connectivity index (χ1n) is 7.67. The molecule has 138 valence electrons. The summed E-state index contributed by atoms with van der Waals surface area (Å²) in [6, 6.07) is 5.28. The van der Waals surface area contributed by atoms with E-state index in [1.807, 2.05) is 0 Å². The summed E-state index contributed by atoms with van der Waals surface area (Å²) in [5.74, 6) is -1.16. The molecule has 1 atom stereocenters. The number of nitrogens with zero attached hydrogens (tertiary/aromatic N) is 2. The number of nitro groups is 1. The summed E-state index contributed by atoms with van der Waals surface area (Å²) in [5.41, 5.74) is 1.02. The lowest BCUT2D eigenvalue weighted by molar-refractivity contribution is -0.384. The predicted molar refractivity (Wildman–Crippen MR) is 95.2 cm³/mol. The average molecular weight is 379 g/mol. The number of rotatable bonds is 7. The molecule has 0 bridgehead atoms. The fourth-order valence-electron chi connectivity index (χ4n) is 2.10. The molecule has 0 saturated carbocycles. The van der Waals surface area contributed by atoms with Gasteiger partial charge in [0.2, 0.25) is 0 Å². The SMILES string of the molecule is Cc1csc(=O)n1CCC(=O)OC(C)C(=O)Nc1ccc([N+](=O)[O-])cc1. The van der Waals surface area contributed by atoms with E-state index < -0.39 is 22.9 Å². The number of aryl methyl sites for hydroxylation is 1. The quantitative estimate of drug-likeness (QED) is 0.447. The zero-order valence-corrected chi connectivity index (χ0v) is 14.9. The van der Waals surface area contributed by atoms with Crippen LogP contribution in [0.5, 0.6) is 0 Å². The van der Waals surface area contributed by atoms with Crippen LogP contribution in [0.2, 0.25) is 0 Å². The van der Waals surface area contributed by atoms with Crippen molar-refractivity contribution in [2.24, 2.45) is 0 Å². The number of benzene rings is 1. The average Bonchev–Trinajstić information content (AvgIpc) is 2.91. The van der Waals surface area contributed by atoms with E-state index in [9.17, 15) is 24.5 Å². The third-order valence-corrected chi connectivity index (χ3v) is 4.42. The predicted octanol–water partition coefficient (Wildman–Crippen LogP) is 2.09. The van der Waals surface area contributed by atoms with Gasteiger partial charge in [-0.2, -0.15) is 0 Å². The lowest BCUT2D eigenvalue weighted by Gasteiger charge is -2.13. The highest BCUT2D eigenvalue weighted by Crippen LogP contribution is 2.15. The smallest absolute Gasteiger partial charge is 0.308 e. The Kier molecular flexibility index (Phi) is 6.23. The molecule has 0 saturated heterocycles. The van der Waals surface area contributed by atoms with Crippen molar-refractivity contribution < 1.29 is 19.2 Å². The van der Waals surface area contributed by atoms with Crippen LogP contribution in [-0.2, 0) is 20.9 Å². The fraction of sp³-hybridized carbons (Fsp3) is 0.312. The van der Waals surface area contributed by atoms with Gasteiger partial charge in [-0.1, -0.05) is 11.3 Å². The van der Waals surface area contributed by atoms with Gasteiger partial charge in [-0.25, -0.2) is 0 Å². The van der Waals surface area contributed by atoms with Gasteiger partial charge in [-0.3, -0.25) is 24.5 Å². The molecule has 0 fully saturated rings. The van der Waals surface area contributed by atoms with Gasteiger partial charge in [0.05, 0.1) is 11.3 Å². The van der Waals surface area contributed by atoms with Crippen LogP contribution >= 0.6 is 11.3 Å². The Bertz CT molecular complexity index is 871. The number of nitrogens with one attached hydrogen (secondary N) is 1. The maximum atomic E-state index is 12.0. The normalized spacial score (nSPS) is 11.6. The summed E-state index contributed by atoms with van der Waals surface area (Å²) in [6.07, 6.45) is -1.08. The first kappa shape index (κ1) is 19.3. The first-order chi connectivity index (χ1) is 12.3. The van der Waals surface area contributed by atoms with Gasteiger partial charge >= 0.3 is 10.8 Å². The second kappa shape index (κ2) is 8.39. The molecule has 0 spiro atoms. The molecular formula is C16H17N3O6S. The number of non-ortho nitro benzene ring substituents is 1.